The lowest BCUT2D eigenvalue weighted by Gasteiger charge is -2.35. The minimum atomic E-state index is 0.445. The van der Waals surface area contributed by atoms with Crippen LogP contribution in [0.5, 0.6) is 0 Å². The van der Waals surface area contributed by atoms with Crippen molar-refractivity contribution in [3.8, 4) is 0 Å². The highest BCUT2D eigenvalue weighted by Gasteiger charge is 2.29. The van der Waals surface area contributed by atoms with Crippen LogP contribution in [0.3, 0.4) is 0 Å². The van der Waals surface area contributed by atoms with E-state index in [1.807, 2.05) is 12.3 Å². The second-order valence-electron chi connectivity index (χ2n) is 5.94. The van der Waals surface area contributed by atoms with Crippen molar-refractivity contribution >= 4 is 0 Å². The highest BCUT2D eigenvalue weighted by Crippen LogP contribution is 2.38. The maximum atomic E-state index is 4.66. The molecule has 19 heavy (non-hydrogen) atoms. The molecule has 106 valence electrons. The first kappa shape index (κ1) is 14.5. The van der Waals surface area contributed by atoms with E-state index in [1.54, 1.807) is 0 Å². The summed E-state index contributed by atoms with van der Waals surface area (Å²) in [5.74, 6) is 1.68. The average molecular weight is 260 g/mol. The molecule has 1 aliphatic rings. The van der Waals surface area contributed by atoms with Gasteiger partial charge in [-0.25, -0.2) is 0 Å². The Balaban J connectivity index is 2.17. The van der Waals surface area contributed by atoms with E-state index >= 15 is 0 Å². The molecule has 1 aromatic heterocycles. The van der Waals surface area contributed by atoms with Crippen LogP contribution < -0.4 is 5.32 Å². The predicted octanol–water partition coefficient (Wildman–Crippen LogP) is 4.26. The molecule has 2 nitrogen and oxygen atoms in total. The number of aryl methyl sites for hydroxylation is 1. The minimum absolute atomic E-state index is 0.445. The number of pyridine rings is 1. The van der Waals surface area contributed by atoms with Crippen LogP contribution in [0, 0.1) is 18.8 Å². The predicted molar refractivity (Wildman–Crippen MR) is 81.1 cm³/mol. The molecular weight excluding hydrogens is 232 g/mol. The molecule has 0 aromatic carbocycles. The molecule has 0 bridgehead atoms. The first-order valence-electron chi connectivity index (χ1n) is 7.91. The molecule has 1 heterocycles. The van der Waals surface area contributed by atoms with E-state index in [-0.39, 0.29) is 0 Å². The molecule has 3 unspecified atom stereocenters. The third kappa shape index (κ3) is 3.56. The SMILES string of the molecule is CCNC(c1ncccc1C)C1CCCC(CC)C1. The van der Waals surface area contributed by atoms with Gasteiger partial charge in [-0.2, -0.15) is 0 Å². The number of hydrogen-bond acceptors (Lipinski definition) is 2. The fraction of sp³-hybridized carbons (Fsp3) is 0.706. The Labute approximate surface area is 118 Å². The second kappa shape index (κ2) is 7.04. The Bertz CT molecular complexity index is 389. The van der Waals surface area contributed by atoms with Crippen LogP contribution >= 0.6 is 0 Å². The third-order valence-electron chi connectivity index (χ3n) is 4.64. The smallest absolute Gasteiger partial charge is 0.0605 e. The first-order chi connectivity index (χ1) is 9.26. The summed E-state index contributed by atoms with van der Waals surface area (Å²) in [5.41, 5.74) is 2.60. The van der Waals surface area contributed by atoms with E-state index in [1.165, 1.54) is 43.4 Å². The van der Waals surface area contributed by atoms with Crippen LogP contribution in [-0.2, 0) is 0 Å². The van der Waals surface area contributed by atoms with Crippen molar-refractivity contribution in [3.63, 3.8) is 0 Å². The van der Waals surface area contributed by atoms with Crippen LogP contribution in [0.4, 0.5) is 0 Å². The van der Waals surface area contributed by atoms with Gasteiger partial charge in [0.15, 0.2) is 0 Å². The molecule has 2 rings (SSSR count). The van der Waals surface area contributed by atoms with Crippen molar-refractivity contribution in [2.75, 3.05) is 6.54 Å². The van der Waals surface area contributed by atoms with Crippen molar-refractivity contribution in [1.82, 2.24) is 10.3 Å². The van der Waals surface area contributed by atoms with E-state index in [9.17, 15) is 0 Å². The maximum absolute atomic E-state index is 4.66. The number of aromatic nitrogens is 1. The lowest BCUT2D eigenvalue weighted by Crippen LogP contribution is -2.32. The molecule has 1 saturated carbocycles. The topological polar surface area (TPSA) is 24.9 Å². The molecule has 1 aromatic rings. The van der Waals surface area contributed by atoms with Gasteiger partial charge in [-0.1, -0.05) is 39.2 Å². The van der Waals surface area contributed by atoms with Crippen molar-refractivity contribution in [2.24, 2.45) is 11.8 Å². The molecule has 2 heteroatoms. The molecular formula is C17H28N2. The van der Waals surface area contributed by atoms with Crippen LogP contribution in [-0.4, -0.2) is 11.5 Å². The van der Waals surface area contributed by atoms with E-state index in [2.05, 4.69) is 37.1 Å². The first-order valence-corrected chi connectivity index (χ1v) is 7.91. The average Bonchev–Trinajstić information content (AvgIpc) is 2.46. The standard InChI is InChI=1S/C17H28N2/c1-4-14-9-6-10-15(12-14)17(18-5-2)16-13(3)8-7-11-19-16/h7-8,11,14-15,17-18H,4-6,9-10,12H2,1-3H3. The number of rotatable bonds is 5. The summed E-state index contributed by atoms with van der Waals surface area (Å²) in [6, 6.07) is 4.67. The Morgan fingerprint density at radius 3 is 2.89 bits per heavy atom. The third-order valence-corrected chi connectivity index (χ3v) is 4.64. The van der Waals surface area contributed by atoms with E-state index < -0.39 is 0 Å². The van der Waals surface area contributed by atoms with Gasteiger partial charge < -0.3 is 5.32 Å². The monoisotopic (exact) mass is 260 g/mol. The number of nitrogens with one attached hydrogen (secondary N) is 1. The Morgan fingerprint density at radius 1 is 1.37 bits per heavy atom. The zero-order valence-corrected chi connectivity index (χ0v) is 12.7. The summed E-state index contributed by atoms with van der Waals surface area (Å²) in [6.45, 7) is 7.74. The Kier molecular flexibility index (Phi) is 5.38. The molecule has 1 fully saturated rings. The molecule has 0 aliphatic heterocycles. The molecule has 0 radical (unpaired) electrons. The van der Waals surface area contributed by atoms with Gasteiger partial charge in [0.25, 0.3) is 0 Å². The number of nitrogens with zero attached hydrogens (tertiary/aromatic N) is 1. The Hall–Kier alpha value is -0.890. The van der Waals surface area contributed by atoms with Crippen molar-refractivity contribution < 1.29 is 0 Å². The molecule has 1 N–H and O–H groups in total. The molecule has 0 amide bonds. The molecule has 1 aliphatic carbocycles. The zero-order valence-electron chi connectivity index (χ0n) is 12.7. The van der Waals surface area contributed by atoms with Gasteiger partial charge in [-0.05, 0) is 49.8 Å². The van der Waals surface area contributed by atoms with Gasteiger partial charge in [0, 0.05) is 6.20 Å². The van der Waals surface area contributed by atoms with Gasteiger partial charge in [0.2, 0.25) is 0 Å². The summed E-state index contributed by atoms with van der Waals surface area (Å²) in [7, 11) is 0. The van der Waals surface area contributed by atoms with Gasteiger partial charge >= 0.3 is 0 Å². The summed E-state index contributed by atoms with van der Waals surface area (Å²) in [6.07, 6.45) is 8.79. The quantitative estimate of drug-likeness (QED) is 0.855. The van der Waals surface area contributed by atoms with Crippen LogP contribution in [0.2, 0.25) is 0 Å². The van der Waals surface area contributed by atoms with E-state index in [4.69, 9.17) is 0 Å². The fourth-order valence-corrected chi connectivity index (χ4v) is 3.54. The largest absolute Gasteiger partial charge is 0.309 e. The van der Waals surface area contributed by atoms with Crippen molar-refractivity contribution in [1.29, 1.82) is 0 Å². The zero-order chi connectivity index (χ0) is 13.7. The fourth-order valence-electron chi connectivity index (χ4n) is 3.54. The summed E-state index contributed by atoms with van der Waals surface area (Å²) in [4.78, 5) is 4.66. The van der Waals surface area contributed by atoms with Gasteiger partial charge in [0.05, 0.1) is 11.7 Å². The Morgan fingerprint density at radius 2 is 2.21 bits per heavy atom. The normalized spacial score (nSPS) is 25.2. The summed E-state index contributed by atoms with van der Waals surface area (Å²) in [5, 5.41) is 3.69. The van der Waals surface area contributed by atoms with Gasteiger partial charge in [-0.3, -0.25) is 4.98 Å². The van der Waals surface area contributed by atoms with Crippen LogP contribution in [0.15, 0.2) is 18.3 Å². The van der Waals surface area contributed by atoms with Crippen molar-refractivity contribution in [2.45, 2.75) is 58.9 Å². The summed E-state index contributed by atoms with van der Waals surface area (Å²) >= 11 is 0. The molecule has 3 atom stereocenters. The summed E-state index contributed by atoms with van der Waals surface area (Å²) < 4.78 is 0. The molecule has 0 spiro atoms. The highest BCUT2D eigenvalue weighted by molar-refractivity contribution is 5.22. The van der Waals surface area contributed by atoms with Gasteiger partial charge in [0.1, 0.15) is 0 Å². The van der Waals surface area contributed by atoms with E-state index in [0.717, 1.165) is 18.4 Å². The van der Waals surface area contributed by atoms with Crippen LogP contribution in [0.25, 0.3) is 0 Å². The van der Waals surface area contributed by atoms with Crippen LogP contribution in [0.1, 0.15) is 63.3 Å². The van der Waals surface area contributed by atoms with Gasteiger partial charge in [-0.15, -0.1) is 0 Å². The minimum Gasteiger partial charge on any atom is -0.309 e. The van der Waals surface area contributed by atoms with E-state index in [0.29, 0.717) is 6.04 Å². The second-order valence-corrected chi connectivity index (χ2v) is 5.94. The molecule has 0 saturated heterocycles. The lowest BCUT2D eigenvalue weighted by molar-refractivity contribution is 0.208. The maximum Gasteiger partial charge on any atom is 0.0605 e. The lowest BCUT2D eigenvalue weighted by atomic mass is 9.75. The van der Waals surface area contributed by atoms with Crippen molar-refractivity contribution in [3.05, 3.63) is 29.6 Å². The highest BCUT2D eigenvalue weighted by atomic mass is 14.9. The number of hydrogen-bond donors (Lipinski definition) is 1.